The normalized spacial score (nSPS) is 24.7. The fourth-order valence-electron chi connectivity index (χ4n) is 3.02. The van der Waals surface area contributed by atoms with Crippen molar-refractivity contribution in [2.45, 2.75) is 58.2 Å². The molecule has 0 amide bonds. The number of ether oxygens (including phenoxy) is 5. The van der Waals surface area contributed by atoms with Crippen LogP contribution in [0.25, 0.3) is 0 Å². The van der Waals surface area contributed by atoms with E-state index < -0.39 is 54.4 Å². The minimum atomic E-state index is -1.23. The number of carbonyl (C=O) groups excluding carboxylic acids is 4. The molecule has 9 nitrogen and oxygen atoms in total. The second-order valence-corrected chi connectivity index (χ2v) is 6.76. The third-order valence-electron chi connectivity index (χ3n) is 4.12. The van der Waals surface area contributed by atoms with E-state index in [1.807, 2.05) is 6.07 Å². The van der Waals surface area contributed by atoms with Crippen molar-refractivity contribution in [3.8, 4) is 11.8 Å². The van der Waals surface area contributed by atoms with Gasteiger partial charge in [-0.1, -0.05) is 30.0 Å². The molecule has 5 atom stereocenters. The van der Waals surface area contributed by atoms with Gasteiger partial charge in [-0.25, -0.2) is 0 Å². The molecule has 0 unspecified atom stereocenters. The first-order chi connectivity index (χ1) is 14.7. The molecule has 0 N–H and O–H groups in total. The highest BCUT2D eigenvalue weighted by molar-refractivity contribution is 5.69. The molecule has 166 valence electrons. The van der Waals surface area contributed by atoms with E-state index in [0.717, 1.165) is 13.8 Å². The summed E-state index contributed by atoms with van der Waals surface area (Å²) in [5.74, 6) is 3.15. The highest BCUT2D eigenvalue weighted by Crippen LogP contribution is 2.29. The zero-order valence-electron chi connectivity index (χ0n) is 17.7. The smallest absolute Gasteiger partial charge is 0.303 e. The van der Waals surface area contributed by atoms with Gasteiger partial charge in [0.15, 0.2) is 24.4 Å². The summed E-state index contributed by atoms with van der Waals surface area (Å²) in [5, 5.41) is 0. The van der Waals surface area contributed by atoms with Gasteiger partial charge in [-0.15, -0.1) is 0 Å². The van der Waals surface area contributed by atoms with Crippen molar-refractivity contribution < 1.29 is 42.9 Å². The number of hydrogen-bond donors (Lipinski definition) is 0. The average Bonchev–Trinajstić information content (AvgIpc) is 2.68. The molecule has 0 spiro atoms. The third-order valence-corrected chi connectivity index (χ3v) is 4.12. The Morgan fingerprint density at radius 3 is 1.90 bits per heavy atom. The van der Waals surface area contributed by atoms with Crippen molar-refractivity contribution in [2.24, 2.45) is 0 Å². The predicted octanol–water partition coefficient (Wildman–Crippen LogP) is 1.16. The monoisotopic (exact) mass is 432 g/mol. The lowest BCUT2D eigenvalue weighted by Gasteiger charge is -2.42. The molecule has 1 aromatic carbocycles. The SMILES string of the molecule is CC(=O)OC[C@H]1O[C@@H](C#Cc2ccccc2)[C@H](OC(C)=O)[C@@H](OC(C)=O)[C@@H]1OC(C)=O. The predicted molar refractivity (Wildman–Crippen MR) is 105 cm³/mol. The summed E-state index contributed by atoms with van der Waals surface area (Å²) < 4.78 is 26.9. The fraction of sp³-hybridized carbons (Fsp3) is 0.455. The summed E-state index contributed by atoms with van der Waals surface area (Å²) in [7, 11) is 0. The van der Waals surface area contributed by atoms with Crippen molar-refractivity contribution in [1.82, 2.24) is 0 Å². The first kappa shape index (κ1) is 23.9. The van der Waals surface area contributed by atoms with E-state index in [1.165, 1.54) is 13.8 Å². The third kappa shape index (κ3) is 7.42. The fourth-order valence-corrected chi connectivity index (χ4v) is 3.02. The van der Waals surface area contributed by atoms with Crippen LogP contribution in [-0.2, 0) is 42.9 Å². The first-order valence-electron chi connectivity index (χ1n) is 9.54. The minimum absolute atomic E-state index is 0.290. The van der Waals surface area contributed by atoms with Crippen LogP contribution in [0.1, 0.15) is 33.3 Å². The molecule has 31 heavy (non-hydrogen) atoms. The van der Waals surface area contributed by atoms with Crippen LogP contribution in [0.3, 0.4) is 0 Å². The van der Waals surface area contributed by atoms with Gasteiger partial charge in [-0.2, -0.15) is 0 Å². The molecular weight excluding hydrogens is 408 g/mol. The largest absolute Gasteiger partial charge is 0.463 e. The summed E-state index contributed by atoms with van der Waals surface area (Å²) in [6.07, 6.45) is -5.68. The second-order valence-electron chi connectivity index (χ2n) is 6.76. The van der Waals surface area contributed by atoms with Crippen LogP contribution >= 0.6 is 0 Å². The van der Waals surface area contributed by atoms with Gasteiger partial charge in [0.05, 0.1) is 0 Å². The van der Waals surface area contributed by atoms with E-state index in [9.17, 15) is 19.2 Å². The quantitative estimate of drug-likeness (QED) is 0.384. The van der Waals surface area contributed by atoms with Gasteiger partial charge < -0.3 is 23.7 Å². The van der Waals surface area contributed by atoms with Crippen LogP contribution in [0, 0.1) is 11.8 Å². The van der Waals surface area contributed by atoms with Gasteiger partial charge in [0, 0.05) is 33.3 Å². The number of rotatable bonds is 5. The summed E-state index contributed by atoms with van der Waals surface area (Å²) >= 11 is 0. The van der Waals surface area contributed by atoms with Gasteiger partial charge in [0.1, 0.15) is 12.7 Å². The number of esters is 4. The van der Waals surface area contributed by atoms with Crippen LogP contribution in [0.5, 0.6) is 0 Å². The maximum atomic E-state index is 11.8. The maximum Gasteiger partial charge on any atom is 0.303 e. The van der Waals surface area contributed by atoms with Crippen LogP contribution in [0.4, 0.5) is 0 Å². The number of benzene rings is 1. The molecule has 0 aliphatic carbocycles. The Morgan fingerprint density at radius 1 is 0.806 bits per heavy atom. The summed E-state index contributed by atoms with van der Waals surface area (Å²) in [4.78, 5) is 46.5. The summed E-state index contributed by atoms with van der Waals surface area (Å²) in [6, 6.07) is 8.99. The van der Waals surface area contributed by atoms with Gasteiger partial charge >= 0.3 is 23.9 Å². The van der Waals surface area contributed by atoms with Gasteiger partial charge in [-0.05, 0) is 12.1 Å². The van der Waals surface area contributed by atoms with Crippen molar-refractivity contribution in [3.05, 3.63) is 35.9 Å². The van der Waals surface area contributed by atoms with Crippen LogP contribution < -0.4 is 0 Å². The lowest BCUT2D eigenvalue weighted by atomic mass is 9.94. The summed E-state index contributed by atoms with van der Waals surface area (Å²) in [6.45, 7) is 4.42. The Morgan fingerprint density at radius 2 is 1.35 bits per heavy atom. The van der Waals surface area contributed by atoms with E-state index in [-0.39, 0.29) is 6.61 Å². The molecule has 2 rings (SSSR count). The minimum Gasteiger partial charge on any atom is -0.463 e. The molecule has 1 saturated heterocycles. The van der Waals surface area contributed by atoms with Gasteiger partial charge in [0.25, 0.3) is 0 Å². The highest BCUT2D eigenvalue weighted by atomic mass is 16.7. The Kier molecular flexibility index (Phi) is 8.58. The molecule has 1 fully saturated rings. The second kappa shape index (κ2) is 11.1. The van der Waals surface area contributed by atoms with E-state index in [4.69, 9.17) is 23.7 Å². The number of carbonyl (C=O) groups is 4. The highest BCUT2D eigenvalue weighted by Gasteiger charge is 2.51. The lowest BCUT2D eigenvalue weighted by molar-refractivity contribution is -0.242. The van der Waals surface area contributed by atoms with Crippen molar-refractivity contribution in [1.29, 1.82) is 0 Å². The molecule has 1 aliphatic heterocycles. The molecule has 1 aromatic rings. The zero-order chi connectivity index (χ0) is 23.0. The first-order valence-corrected chi connectivity index (χ1v) is 9.54. The molecule has 0 aromatic heterocycles. The Balaban J connectivity index is 2.46. The van der Waals surface area contributed by atoms with Crippen molar-refractivity contribution in [2.75, 3.05) is 6.61 Å². The standard InChI is InChI=1S/C22H24O9/c1-13(23)27-12-19-21(29-15(3)25)22(30-16(4)26)20(28-14(2)24)18(31-19)11-10-17-8-6-5-7-9-17/h5-9,18-22H,12H2,1-4H3/t18-,19+,20-,21+,22+/m0/s1. The van der Waals surface area contributed by atoms with Crippen LogP contribution in [-0.4, -0.2) is 61.0 Å². The average molecular weight is 432 g/mol. The van der Waals surface area contributed by atoms with Gasteiger partial charge in [-0.3, -0.25) is 19.2 Å². The topological polar surface area (TPSA) is 114 Å². The van der Waals surface area contributed by atoms with Crippen molar-refractivity contribution >= 4 is 23.9 Å². The van der Waals surface area contributed by atoms with Gasteiger partial charge in [0.2, 0.25) is 0 Å². The molecule has 0 bridgehead atoms. The van der Waals surface area contributed by atoms with Crippen LogP contribution in [0.2, 0.25) is 0 Å². The molecule has 0 radical (unpaired) electrons. The Hall–Kier alpha value is -3.38. The maximum absolute atomic E-state index is 11.8. The Labute approximate surface area is 179 Å². The Bertz CT molecular complexity index is 868. The molecule has 1 aliphatic rings. The van der Waals surface area contributed by atoms with E-state index in [0.29, 0.717) is 5.56 Å². The van der Waals surface area contributed by atoms with Crippen LogP contribution in [0.15, 0.2) is 30.3 Å². The molecular formula is C22H24O9. The summed E-state index contributed by atoms with van der Waals surface area (Å²) in [5.41, 5.74) is 0.676. The molecule has 0 saturated carbocycles. The molecule has 9 heteroatoms. The lowest BCUT2D eigenvalue weighted by Crippen LogP contribution is -2.62. The molecule has 1 heterocycles. The zero-order valence-corrected chi connectivity index (χ0v) is 17.7. The van der Waals surface area contributed by atoms with E-state index in [1.54, 1.807) is 24.3 Å². The van der Waals surface area contributed by atoms with E-state index >= 15 is 0 Å². The van der Waals surface area contributed by atoms with E-state index in [2.05, 4.69) is 11.8 Å². The number of hydrogen-bond acceptors (Lipinski definition) is 9. The van der Waals surface area contributed by atoms with Crippen molar-refractivity contribution in [3.63, 3.8) is 0 Å².